The number of nitrogens with one attached hydrogen (secondary N) is 1. The van der Waals surface area contributed by atoms with Gasteiger partial charge in [-0.05, 0) is 51.4 Å². The average molecular weight is 1210 g/mol. The fraction of sp³-hybridized carbons (Fsp3) is 0.950. The van der Waals surface area contributed by atoms with Crippen molar-refractivity contribution in [2.24, 2.45) is 0 Å². The van der Waals surface area contributed by atoms with Gasteiger partial charge in [-0.2, -0.15) is 0 Å². The van der Waals surface area contributed by atoms with Gasteiger partial charge in [0.15, 0.2) is 0 Å². The Kier molecular flexibility index (Phi) is 74.8. The summed E-state index contributed by atoms with van der Waals surface area (Å²) in [4.78, 5) is 24.6. The molecular weight excluding hydrogens is 1050 g/mol. The molecule has 86 heavy (non-hydrogen) atoms. The standard InChI is InChI=1S/C80H157NO5/c1-3-5-7-9-11-13-15-17-18-19-43-46-49-52-56-60-64-68-72-78(83)77(76-82)81-79(84)73-69-65-61-57-53-50-47-44-41-39-37-35-33-31-29-27-25-23-21-20-22-24-26-28-30-32-34-36-38-40-42-45-48-51-55-59-63-67-71-75-86-80(85)74-70-66-62-58-54-16-14-12-10-8-6-4-2/h20-21,77-78,82-83H,3-19,22-76H2,1-2H3,(H,81,84)/b21-20-. The fourth-order valence-corrected chi connectivity index (χ4v) is 13.0. The monoisotopic (exact) mass is 1210 g/mol. The van der Waals surface area contributed by atoms with Crippen molar-refractivity contribution in [3.05, 3.63) is 12.2 Å². The van der Waals surface area contributed by atoms with E-state index in [2.05, 4.69) is 31.3 Å². The minimum Gasteiger partial charge on any atom is -0.466 e. The fourth-order valence-electron chi connectivity index (χ4n) is 13.0. The van der Waals surface area contributed by atoms with E-state index in [4.69, 9.17) is 4.74 Å². The van der Waals surface area contributed by atoms with Crippen LogP contribution in [0, 0.1) is 0 Å². The Balaban J connectivity index is 3.31. The van der Waals surface area contributed by atoms with Crippen LogP contribution in [0.3, 0.4) is 0 Å². The number of hydrogen-bond donors (Lipinski definition) is 3. The Morgan fingerprint density at radius 1 is 0.314 bits per heavy atom. The van der Waals surface area contributed by atoms with Gasteiger partial charge in [0.2, 0.25) is 5.91 Å². The molecule has 2 unspecified atom stereocenters. The van der Waals surface area contributed by atoms with Gasteiger partial charge in [0.1, 0.15) is 0 Å². The van der Waals surface area contributed by atoms with E-state index in [-0.39, 0.29) is 18.5 Å². The normalized spacial score (nSPS) is 12.5. The summed E-state index contributed by atoms with van der Waals surface area (Å²) >= 11 is 0. The van der Waals surface area contributed by atoms with Gasteiger partial charge in [0, 0.05) is 12.8 Å². The van der Waals surface area contributed by atoms with Crippen LogP contribution < -0.4 is 5.32 Å². The summed E-state index contributed by atoms with van der Waals surface area (Å²) in [7, 11) is 0. The largest absolute Gasteiger partial charge is 0.466 e. The zero-order chi connectivity index (χ0) is 62.0. The zero-order valence-corrected chi connectivity index (χ0v) is 58.8. The van der Waals surface area contributed by atoms with Crippen LogP contribution in [0.5, 0.6) is 0 Å². The lowest BCUT2D eigenvalue weighted by Crippen LogP contribution is -2.45. The van der Waals surface area contributed by atoms with Gasteiger partial charge >= 0.3 is 5.97 Å². The second-order valence-electron chi connectivity index (χ2n) is 27.8. The molecule has 0 radical (unpaired) electrons. The molecule has 6 heteroatoms. The zero-order valence-electron chi connectivity index (χ0n) is 58.8. The first kappa shape index (κ1) is 84.6. The van der Waals surface area contributed by atoms with E-state index in [0.29, 0.717) is 25.9 Å². The quantitative estimate of drug-likeness (QED) is 0.0320. The molecule has 3 N–H and O–H groups in total. The Hall–Kier alpha value is -1.40. The Morgan fingerprint density at radius 2 is 0.547 bits per heavy atom. The highest BCUT2D eigenvalue weighted by Gasteiger charge is 2.20. The third-order valence-corrected chi connectivity index (χ3v) is 19.1. The van der Waals surface area contributed by atoms with E-state index in [0.717, 1.165) is 38.5 Å². The van der Waals surface area contributed by atoms with E-state index in [1.807, 2.05) is 0 Å². The van der Waals surface area contributed by atoms with Crippen molar-refractivity contribution in [1.82, 2.24) is 5.32 Å². The molecule has 2 atom stereocenters. The van der Waals surface area contributed by atoms with E-state index in [9.17, 15) is 19.8 Å². The van der Waals surface area contributed by atoms with Gasteiger partial charge in [-0.3, -0.25) is 9.59 Å². The molecule has 0 fully saturated rings. The van der Waals surface area contributed by atoms with E-state index in [1.54, 1.807) is 0 Å². The molecule has 0 heterocycles. The summed E-state index contributed by atoms with van der Waals surface area (Å²) in [5.41, 5.74) is 0. The predicted octanol–water partition coefficient (Wildman–Crippen LogP) is 26.3. The maximum Gasteiger partial charge on any atom is 0.305 e. The van der Waals surface area contributed by atoms with Gasteiger partial charge in [-0.25, -0.2) is 0 Å². The Morgan fingerprint density at radius 3 is 0.826 bits per heavy atom. The Labute approximate surface area is 539 Å². The van der Waals surface area contributed by atoms with Gasteiger partial charge < -0.3 is 20.3 Å². The molecule has 0 saturated carbocycles. The smallest absolute Gasteiger partial charge is 0.305 e. The number of carbonyl (C=O) groups excluding carboxylic acids is 2. The molecule has 0 saturated heterocycles. The van der Waals surface area contributed by atoms with Crippen LogP contribution in [-0.2, 0) is 14.3 Å². The topological polar surface area (TPSA) is 95.9 Å². The first-order valence-corrected chi connectivity index (χ1v) is 39.9. The van der Waals surface area contributed by atoms with Crippen molar-refractivity contribution in [2.45, 2.75) is 475 Å². The number of hydrogen-bond acceptors (Lipinski definition) is 5. The van der Waals surface area contributed by atoms with Crippen LogP contribution in [0.1, 0.15) is 463 Å². The first-order valence-electron chi connectivity index (χ1n) is 39.9. The van der Waals surface area contributed by atoms with E-state index in [1.165, 1.54) is 392 Å². The lowest BCUT2D eigenvalue weighted by Gasteiger charge is -2.22. The molecule has 0 aliphatic heterocycles. The Bertz CT molecular complexity index is 1300. The van der Waals surface area contributed by atoms with Gasteiger partial charge in [-0.1, -0.05) is 411 Å². The number of esters is 1. The third-order valence-electron chi connectivity index (χ3n) is 19.1. The first-order chi connectivity index (χ1) is 42.5. The van der Waals surface area contributed by atoms with Crippen LogP contribution in [-0.4, -0.2) is 47.4 Å². The number of ether oxygens (including phenoxy) is 1. The second-order valence-corrected chi connectivity index (χ2v) is 27.8. The summed E-state index contributed by atoms with van der Waals surface area (Å²) in [5, 5.41) is 23.4. The van der Waals surface area contributed by atoms with Gasteiger partial charge in [0.25, 0.3) is 0 Å². The van der Waals surface area contributed by atoms with Crippen molar-refractivity contribution >= 4 is 11.9 Å². The molecule has 0 aromatic carbocycles. The number of aliphatic hydroxyl groups is 2. The SMILES string of the molecule is CCCCCCCCCCCCCCCCCCCCC(O)C(CO)NC(=O)CCCCCCCCCCCCCCCCCCC/C=C\CCCCCCCCCCCCCCCCCCCCOC(=O)CCCCCCCCCCCCCC. The van der Waals surface area contributed by atoms with Crippen molar-refractivity contribution in [1.29, 1.82) is 0 Å². The van der Waals surface area contributed by atoms with Crippen molar-refractivity contribution in [3.63, 3.8) is 0 Å². The predicted molar refractivity (Wildman–Crippen MR) is 380 cm³/mol. The summed E-state index contributed by atoms with van der Waals surface area (Å²) in [6.07, 6.45) is 96.0. The summed E-state index contributed by atoms with van der Waals surface area (Å²) < 4.78 is 5.49. The molecule has 0 aromatic rings. The van der Waals surface area contributed by atoms with Crippen LogP contribution in [0.4, 0.5) is 0 Å². The van der Waals surface area contributed by atoms with Gasteiger partial charge in [0.05, 0.1) is 25.4 Å². The van der Waals surface area contributed by atoms with E-state index < -0.39 is 12.1 Å². The number of unbranched alkanes of at least 4 members (excludes halogenated alkanes) is 63. The summed E-state index contributed by atoms with van der Waals surface area (Å²) in [6, 6.07) is -0.538. The van der Waals surface area contributed by atoms with Gasteiger partial charge in [-0.15, -0.1) is 0 Å². The summed E-state index contributed by atoms with van der Waals surface area (Å²) in [5.74, 6) is -0.00144. The van der Waals surface area contributed by atoms with Crippen LogP contribution >= 0.6 is 0 Å². The molecule has 0 aliphatic carbocycles. The minimum atomic E-state index is -0.661. The molecular formula is C80H157NO5. The van der Waals surface area contributed by atoms with Crippen LogP contribution in [0.15, 0.2) is 12.2 Å². The minimum absolute atomic E-state index is 0.0242. The number of carbonyl (C=O) groups is 2. The maximum atomic E-state index is 12.5. The lowest BCUT2D eigenvalue weighted by molar-refractivity contribution is -0.143. The van der Waals surface area contributed by atoms with Crippen molar-refractivity contribution in [2.75, 3.05) is 13.2 Å². The number of aliphatic hydroxyl groups excluding tert-OH is 2. The van der Waals surface area contributed by atoms with Crippen molar-refractivity contribution < 1.29 is 24.5 Å². The molecule has 0 bridgehead atoms. The van der Waals surface area contributed by atoms with Crippen LogP contribution in [0.2, 0.25) is 0 Å². The number of amides is 1. The molecule has 0 aliphatic rings. The van der Waals surface area contributed by atoms with Crippen molar-refractivity contribution in [3.8, 4) is 0 Å². The molecule has 512 valence electrons. The average Bonchev–Trinajstić information content (AvgIpc) is 3.60. The maximum absolute atomic E-state index is 12.5. The second kappa shape index (κ2) is 76.1. The number of rotatable bonds is 76. The lowest BCUT2D eigenvalue weighted by atomic mass is 10.0. The molecule has 0 rings (SSSR count). The molecule has 1 amide bonds. The summed E-state index contributed by atoms with van der Waals surface area (Å²) in [6.45, 7) is 5.01. The highest BCUT2D eigenvalue weighted by molar-refractivity contribution is 5.76. The number of allylic oxidation sites excluding steroid dienone is 2. The highest BCUT2D eigenvalue weighted by atomic mass is 16.5. The third kappa shape index (κ3) is 71.7. The van der Waals surface area contributed by atoms with Crippen LogP contribution in [0.25, 0.3) is 0 Å². The highest BCUT2D eigenvalue weighted by Crippen LogP contribution is 2.20. The van der Waals surface area contributed by atoms with E-state index >= 15 is 0 Å². The molecule has 6 nitrogen and oxygen atoms in total. The molecule has 0 aromatic heterocycles. The molecule has 0 spiro atoms.